The molecule has 1 aromatic carbocycles. The summed E-state index contributed by atoms with van der Waals surface area (Å²) in [5, 5.41) is 2.50. The standard InChI is InChI=1S/C20H19B3ClN7/c1-13(17-11-29(12-26-17)16-5-3-15(24)4-6-16)27-19-25-8-7-18(28-19)30-9-10-31(14(30)2)20(21,22)23/h3-8,11-13H,2,9-10H2,1H3,(H,25,27,28). The normalized spacial score (nSPS) is 15.4. The molecule has 0 aliphatic carbocycles. The van der Waals surface area contributed by atoms with Crippen LogP contribution in [-0.2, 0) is 0 Å². The van der Waals surface area contributed by atoms with Crippen LogP contribution in [0.25, 0.3) is 5.69 Å². The zero-order valence-corrected chi connectivity index (χ0v) is 17.9. The summed E-state index contributed by atoms with van der Waals surface area (Å²) in [5.41, 5.74) is 1.82. The van der Waals surface area contributed by atoms with Gasteiger partial charge in [-0.1, -0.05) is 23.4 Å². The lowest BCUT2D eigenvalue weighted by molar-refractivity contribution is 0.404. The number of anilines is 2. The maximum Gasteiger partial charge on any atom is 0.225 e. The van der Waals surface area contributed by atoms with Gasteiger partial charge in [0.2, 0.25) is 5.95 Å². The zero-order chi connectivity index (χ0) is 22.2. The Kier molecular flexibility index (Phi) is 5.75. The van der Waals surface area contributed by atoms with Crippen molar-refractivity contribution in [2.24, 2.45) is 0 Å². The number of imidazole rings is 1. The summed E-state index contributed by atoms with van der Waals surface area (Å²) in [6, 6.07) is 9.23. The first-order chi connectivity index (χ1) is 14.7. The van der Waals surface area contributed by atoms with Gasteiger partial charge in [-0.25, -0.2) is 9.97 Å². The minimum atomic E-state index is -1.47. The molecule has 0 spiro atoms. The molecule has 0 bridgehead atoms. The molecule has 2 aromatic heterocycles. The van der Waals surface area contributed by atoms with Gasteiger partial charge in [0.05, 0.1) is 41.6 Å². The van der Waals surface area contributed by atoms with E-state index in [9.17, 15) is 0 Å². The number of hydrogen-bond donors (Lipinski definition) is 1. The lowest BCUT2D eigenvalue weighted by atomic mass is 9.48. The molecule has 7 nitrogen and oxygen atoms in total. The van der Waals surface area contributed by atoms with Gasteiger partial charge in [-0.15, -0.1) is 0 Å². The fourth-order valence-corrected chi connectivity index (χ4v) is 3.55. The third kappa shape index (κ3) is 4.59. The van der Waals surface area contributed by atoms with E-state index < -0.39 is 5.24 Å². The van der Waals surface area contributed by atoms with Crippen molar-refractivity contribution < 1.29 is 0 Å². The molecule has 3 heterocycles. The summed E-state index contributed by atoms with van der Waals surface area (Å²) < 4.78 is 1.93. The SMILES string of the molecule is [B]C([B])([B])N1CCN(c2ccnc(NC(C)c3cn(-c4ccc(Cl)cc4)cn3)n2)C1=C. The molecule has 3 aromatic rings. The Morgan fingerprint density at radius 1 is 1.13 bits per heavy atom. The second kappa shape index (κ2) is 8.34. The molecular formula is C20H19B3ClN7. The van der Waals surface area contributed by atoms with Crippen molar-refractivity contribution in [3.63, 3.8) is 0 Å². The number of rotatable bonds is 6. The Labute approximate surface area is 190 Å². The zero-order valence-electron chi connectivity index (χ0n) is 17.1. The molecule has 31 heavy (non-hydrogen) atoms. The van der Waals surface area contributed by atoms with Gasteiger partial charge >= 0.3 is 0 Å². The lowest BCUT2D eigenvalue weighted by Gasteiger charge is -2.36. The average Bonchev–Trinajstić information content (AvgIpc) is 3.36. The van der Waals surface area contributed by atoms with Crippen LogP contribution in [-0.4, -0.2) is 66.3 Å². The Hall–Kier alpha value is -2.87. The first-order valence-electron chi connectivity index (χ1n) is 9.72. The van der Waals surface area contributed by atoms with Crippen molar-refractivity contribution in [2.75, 3.05) is 23.3 Å². The number of aromatic nitrogens is 4. The third-order valence-corrected chi connectivity index (χ3v) is 5.32. The van der Waals surface area contributed by atoms with Gasteiger partial charge in [0.25, 0.3) is 0 Å². The molecule has 0 amide bonds. The van der Waals surface area contributed by atoms with E-state index in [2.05, 4.69) is 26.8 Å². The summed E-state index contributed by atoms with van der Waals surface area (Å²) in [6.45, 7) is 7.20. The number of nitrogens with zero attached hydrogens (tertiary/aromatic N) is 6. The van der Waals surface area contributed by atoms with Crippen LogP contribution in [0.5, 0.6) is 0 Å². The van der Waals surface area contributed by atoms with E-state index in [4.69, 9.17) is 35.1 Å². The van der Waals surface area contributed by atoms with E-state index in [1.54, 1.807) is 23.5 Å². The molecule has 1 unspecified atom stereocenters. The van der Waals surface area contributed by atoms with Gasteiger partial charge < -0.3 is 19.7 Å². The van der Waals surface area contributed by atoms with E-state index >= 15 is 0 Å². The number of benzene rings is 1. The van der Waals surface area contributed by atoms with Crippen LogP contribution < -0.4 is 10.2 Å². The first kappa shape index (κ1) is 21.4. The van der Waals surface area contributed by atoms with Gasteiger partial charge in [-0.3, -0.25) is 0 Å². The maximum absolute atomic E-state index is 5.97. The van der Waals surface area contributed by atoms with Gasteiger partial charge in [0.1, 0.15) is 11.6 Å². The van der Waals surface area contributed by atoms with E-state index in [0.717, 1.165) is 11.4 Å². The van der Waals surface area contributed by atoms with Crippen molar-refractivity contribution in [1.29, 1.82) is 0 Å². The molecule has 1 saturated heterocycles. The second-order valence-corrected chi connectivity index (χ2v) is 7.83. The van der Waals surface area contributed by atoms with E-state index in [-0.39, 0.29) is 6.04 Å². The topological polar surface area (TPSA) is 62.1 Å². The van der Waals surface area contributed by atoms with E-state index in [0.29, 0.717) is 35.7 Å². The van der Waals surface area contributed by atoms with Crippen molar-refractivity contribution in [1.82, 2.24) is 24.4 Å². The van der Waals surface area contributed by atoms with Crippen molar-refractivity contribution in [3.05, 3.63) is 72.2 Å². The fraction of sp³-hybridized carbons (Fsp3) is 0.250. The van der Waals surface area contributed by atoms with Crippen molar-refractivity contribution >= 4 is 46.9 Å². The molecular weight excluding hydrogens is 406 g/mol. The number of nitrogens with one attached hydrogen (secondary N) is 1. The summed E-state index contributed by atoms with van der Waals surface area (Å²) >= 11 is 5.97. The highest BCUT2D eigenvalue weighted by atomic mass is 35.5. The molecule has 4 rings (SSSR count). The highest BCUT2D eigenvalue weighted by molar-refractivity contribution is 6.59. The van der Waals surface area contributed by atoms with Crippen LogP contribution in [0.1, 0.15) is 18.7 Å². The molecule has 1 N–H and O–H groups in total. The van der Waals surface area contributed by atoms with E-state index in [1.807, 2.05) is 46.9 Å². The Morgan fingerprint density at radius 3 is 2.55 bits per heavy atom. The number of halogens is 1. The van der Waals surface area contributed by atoms with Crippen LogP contribution >= 0.6 is 11.6 Å². The highest BCUT2D eigenvalue weighted by Gasteiger charge is 2.31. The molecule has 150 valence electrons. The van der Waals surface area contributed by atoms with Crippen molar-refractivity contribution in [3.8, 4) is 5.69 Å². The monoisotopic (exact) mass is 425 g/mol. The smallest absolute Gasteiger partial charge is 0.225 e. The fourth-order valence-electron chi connectivity index (χ4n) is 3.42. The molecule has 11 heteroatoms. The molecule has 0 saturated carbocycles. The van der Waals surface area contributed by atoms with Gasteiger partial charge in [-0.05, 0) is 37.3 Å². The molecule has 1 fully saturated rings. The van der Waals surface area contributed by atoms with Crippen molar-refractivity contribution in [2.45, 2.75) is 18.2 Å². The first-order valence-corrected chi connectivity index (χ1v) is 10.1. The van der Waals surface area contributed by atoms with Gasteiger partial charge in [0, 0.05) is 36.2 Å². The molecule has 1 aliphatic heterocycles. The minimum Gasteiger partial charge on any atom is -0.376 e. The quantitative estimate of drug-likeness (QED) is 0.612. The largest absolute Gasteiger partial charge is 0.376 e. The molecule has 1 atom stereocenters. The molecule has 1 aliphatic rings. The predicted octanol–water partition coefficient (Wildman–Crippen LogP) is 2.20. The van der Waals surface area contributed by atoms with Gasteiger partial charge in [-0.2, -0.15) is 4.98 Å². The van der Waals surface area contributed by atoms with Gasteiger partial charge in [0.15, 0.2) is 0 Å². The number of hydrogen-bond acceptors (Lipinski definition) is 6. The average molecular weight is 425 g/mol. The Bertz CT molecular complexity index is 1080. The lowest BCUT2D eigenvalue weighted by Crippen LogP contribution is -2.48. The summed E-state index contributed by atoms with van der Waals surface area (Å²) in [6.07, 6.45) is 5.39. The minimum absolute atomic E-state index is 0.119. The Morgan fingerprint density at radius 2 is 1.87 bits per heavy atom. The van der Waals surface area contributed by atoms with Crippen LogP contribution in [0, 0.1) is 0 Å². The van der Waals surface area contributed by atoms with Crippen LogP contribution in [0.4, 0.5) is 11.8 Å². The summed E-state index contributed by atoms with van der Waals surface area (Å²) in [4.78, 5) is 17.0. The van der Waals surface area contributed by atoms with Crippen LogP contribution in [0.3, 0.4) is 0 Å². The highest BCUT2D eigenvalue weighted by Crippen LogP contribution is 2.27. The summed E-state index contributed by atoms with van der Waals surface area (Å²) in [7, 11) is 17.4. The van der Waals surface area contributed by atoms with Crippen LogP contribution in [0.15, 0.2) is 61.5 Å². The Balaban J connectivity index is 1.47. The third-order valence-electron chi connectivity index (χ3n) is 5.07. The van der Waals surface area contributed by atoms with Crippen LogP contribution in [0.2, 0.25) is 5.02 Å². The second-order valence-electron chi connectivity index (χ2n) is 7.39. The molecule has 6 radical (unpaired) electrons. The summed E-state index contributed by atoms with van der Waals surface area (Å²) in [5.74, 6) is 1.73. The maximum atomic E-state index is 5.97. The predicted molar refractivity (Wildman–Crippen MR) is 126 cm³/mol. The van der Waals surface area contributed by atoms with E-state index in [1.165, 1.54) is 0 Å².